The number of hydrogen-bond donors (Lipinski definition) is 0. The van der Waals surface area contributed by atoms with E-state index in [2.05, 4.69) is 64.8 Å². The highest BCUT2D eigenvalue weighted by Crippen LogP contribution is 2.35. The van der Waals surface area contributed by atoms with Crippen molar-refractivity contribution in [2.75, 3.05) is 43.2 Å². The third-order valence-corrected chi connectivity index (χ3v) is 6.57. The van der Waals surface area contributed by atoms with Crippen molar-refractivity contribution in [1.82, 2.24) is 9.97 Å². The van der Waals surface area contributed by atoms with Crippen LogP contribution in [0, 0.1) is 6.92 Å². The molecule has 5 nitrogen and oxygen atoms in total. The van der Waals surface area contributed by atoms with Crippen molar-refractivity contribution >= 4 is 50.0 Å². The van der Waals surface area contributed by atoms with Crippen LogP contribution >= 0.6 is 33.9 Å². The van der Waals surface area contributed by atoms with Crippen LogP contribution in [0.5, 0.6) is 5.75 Å². The van der Waals surface area contributed by atoms with E-state index >= 15 is 0 Å². The second-order valence-corrected chi connectivity index (χ2v) is 9.74. The molecule has 0 saturated carbocycles. The van der Waals surface area contributed by atoms with Crippen LogP contribution in [-0.2, 0) is 4.74 Å². The summed E-state index contributed by atoms with van der Waals surface area (Å²) >= 11 is 3.99. The lowest BCUT2D eigenvalue weighted by atomic mass is 10.0. The highest BCUT2D eigenvalue weighted by atomic mass is 127. The van der Waals surface area contributed by atoms with Gasteiger partial charge in [-0.15, -0.1) is 11.3 Å². The molecule has 0 N–H and O–H groups in total. The normalized spacial score (nSPS) is 11.1. The van der Waals surface area contributed by atoms with Crippen molar-refractivity contribution in [1.29, 1.82) is 0 Å². The number of rotatable bonds is 9. The number of pyridine rings is 1. The number of alkyl halides is 1. The van der Waals surface area contributed by atoms with Gasteiger partial charge in [0.2, 0.25) is 0 Å². The fourth-order valence-electron chi connectivity index (χ4n) is 3.39. The van der Waals surface area contributed by atoms with Gasteiger partial charge in [0.05, 0.1) is 23.4 Å². The van der Waals surface area contributed by atoms with Crippen LogP contribution in [0.15, 0.2) is 54.7 Å². The average Bonchev–Trinajstić information content (AvgIpc) is 3.22. The van der Waals surface area contributed by atoms with Gasteiger partial charge in [-0.2, -0.15) is 0 Å². The summed E-state index contributed by atoms with van der Waals surface area (Å²) in [6, 6.07) is 16.7. The highest BCUT2D eigenvalue weighted by molar-refractivity contribution is 14.1. The van der Waals surface area contributed by atoms with Gasteiger partial charge in [0, 0.05) is 35.8 Å². The molecule has 0 unspecified atom stereocenters. The maximum absolute atomic E-state index is 5.83. The standard InChI is InChI=1S/C25H26IN3O2S/c1-17-14-18(19-5-9-24(27-16-19)29(2)3)4-7-21(17)25-28-22-8-6-20(15-23(22)32-25)31-13-12-30-11-10-26/h4-9,14-16H,10-13H2,1-3H3. The Morgan fingerprint density at radius 3 is 2.53 bits per heavy atom. The Morgan fingerprint density at radius 2 is 1.81 bits per heavy atom. The lowest BCUT2D eigenvalue weighted by Gasteiger charge is -2.12. The van der Waals surface area contributed by atoms with Crippen LogP contribution in [0.3, 0.4) is 0 Å². The SMILES string of the molecule is Cc1cc(-c2ccc(N(C)C)nc2)ccc1-c1nc2ccc(OCCOCCI)cc2s1. The number of aryl methyl sites for hydroxylation is 1. The molecular weight excluding hydrogens is 533 g/mol. The van der Waals surface area contributed by atoms with Crippen molar-refractivity contribution < 1.29 is 9.47 Å². The highest BCUT2D eigenvalue weighted by Gasteiger charge is 2.11. The van der Waals surface area contributed by atoms with Crippen molar-refractivity contribution in [3.05, 3.63) is 60.3 Å². The van der Waals surface area contributed by atoms with Crippen molar-refractivity contribution in [3.8, 4) is 27.4 Å². The molecule has 0 aliphatic rings. The molecule has 0 radical (unpaired) electrons. The summed E-state index contributed by atoms with van der Waals surface area (Å²) in [6.45, 7) is 4.06. The Balaban J connectivity index is 1.52. The van der Waals surface area contributed by atoms with E-state index in [4.69, 9.17) is 14.5 Å². The molecule has 7 heteroatoms. The summed E-state index contributed by atoms with van der Waals surface area (Å²) in [4.78, 5) is 11.4. The minimum Gasteiger partial charge on any atom is -0.491 e. The molecule has 0 bridgehead atoms. The molecule has 0 amide bonds. The molecule has 4 rings (SSSR count). The maximum Gasteiger partial charge on any atom is 0.127 e. The molecule has 0 aliphatic carbocycles. The second-order valence-electron chi connectivity index (χ2n) is 7.63. The molecule has 0 fully saturated rings. The summed E-state index contributed by atoms with van der Waals surface area (Å²) in [5, 5.41) is 1.02. The molecule has 0 atom stereocenters. The first-order valence-corrected chi connectivity index (χ1v) is 12.8. The smallest absolute Gasteiger partial charge is 0.127 e. The van der Waals surface area contributed by atoms with Gasteiger partial charge in [-0.3, -0.25) is 0 Å². The van der Waals surface area contributed by atoms with E-state index in [1.807, 2.05) is 43.4 Å². The first-order chi connectivity index (χ1) is 15.5. The third kappa shape index (κ3) is 5.39. The fraction of sp³-hybridized carbons (Fsp3) is 0.280. The molecule has 166 valence electrons. The van der Waals surface area contributed by atoms with Crippen LogP contribution in [0.1, 0.15) is 5.56 Å². The van der Waals surface area contributed by atoms with Crippen molar-refractivity contribution in [2.24, 2.45) is 0 Å². The van der Waals surface area contributed by atoms with Crippen LogP contribution in [-0.4, -0.2) is 48.3 Å². The molecule has 0 spiro atoms. The van der Waals surface area contributed by atoms with Crippen LogP contribution in [0.25, 0.3) is 31.9 Å². The molecule has 2 aromatic carbocycles. The number of thiazole rings is 1. The summed E-state index contributed by atoms with van der Waals surface area (Å²) in [5.74, 6) is 1.81. The molecule has 4 aromatic rings. The van der Waals surface area contributed by atoms with Gasteiger partial charge in [-0.25, -0.2) is 9.97 Å². The number of hydrogen-bond acceptors (Lipinski definition) is 6. The average molecular weight is 559 g/mol. The maximum atomic E-state index is 5.83. The number of anilines is 1. The topological polar surface area (TPSA) is 47.5 Å². The van der Waals surface area contributed by atoms with E-state index < -0.39 is 0 Å². The van der Waals surface area contributed by atoms with Crippen molar-refractivity contribution in [2.45, 2.75) is 6.92 Å². The Bertz CT molecular complexity index is 1190. The van der Waals surface area contributed by atoms with Gasteiger partial charge < -0.3 is 14.4 Å². The summed E-state index contributed by atoms with van der Waals surface area (Å²) < 4.78 is 13.4. The summed E-state index contributed by atoms with van der Waals surface area (Å²) in [6.07, 6.45) is 1.93. The van der Waals surface area contributed by atoms with Gasteiger partial charge >= 0.3 is 0 Å². The van der Waals surface area contributed by atoms with E-state index in [9.17, 15) is 0 Å². The number of fused-ring (bicyclic) bond motifs is 1. The second kappa shape index (κ2) is 10.6. The summed E-state index contributed by atoms with van der Waals surface area (Å²) in [5.41, 5.74) is 5.61. The zero-order valence-electron chi connectivity index (χ0n) is 18.5. The number of halogens is 1. The van der Waals surface area contributed by atoms with E-state index in [-0.39, 0.29) is 0 Å². The minimum absolute atomic E-state index is 0.554. The molecule has 2 aromatic heterocycles. The minimum atomic E-state index is 0.554. The lowest BCUT2D eigenvalue weighted by Crippen LogP contribution is -2.09. The predicted molar refractivity (Wildman–Crippen MR) is 143 cm³/mol. The Hall–Kier alpha value is -2.23. The van der Waals surface area contributed by atoms with Crippen molar-refractivity contribution in [3.63, 3.8) is 0 Å². The molecule has 0 saturated heterocycles. The van der Waals surface area contributed by atoms with Crippen LogP contribution < -0.4 is 9.64 Å². The predicted octanol–water partition coefficient (Wildman–Crippen LogP) is 6.23. The van der Waals surface area contributed by atoms with E-state index in [0.717, 1.165) is 54.5 Å². The van der Waals surface area contributed by atoms with E-state index in [0.29, 0.717) is 13.2 Å². The quantitative estimate of drug-likeness (QED) is 0.138. The van der Waals surface area contributed by atoms with E-state index in [1.165, 1.54) is 5.56 Å². The molecular formula is C25H26IN3O2S. The largest absolute Gasteiger partial charge is 0.491 e. The van der Waals surface area contributed by atoms with Gasteiger partial charge in [0.25, 0.3) is 0 Å². The number of nitrogens with zero attached hydrogens (tertiary/aromatic N) is 3. The number of ether oxygens (including phenoxy) is 2. The van der Waals surface area contributed by atoms with Gasteiger partial charge in [-0.05, 0) is 48.4 Å². The molecule has 32 heavy (non-hydrogen) atoms. The zero-order chi connectivity index (χ0) is 22.5. The van der Waals surface area contributed by atoms with Gasteiger partial charge in [0.15, 0.2) is 0 Å². The van der Waals surface area contributed by atoms with E-state index in [1.54, 1.807) is 11.3 Å². The van der Waals surface area contributed by atoms with Crippen LogP contribution in [0.2, 0.25) is 0 Å². The summed E-state index contributed by atoms with van der Waals surface area (Å²) in [7, 11) is 3.99. The van der Waals surface area contributed by atoms with Gasteiger partial charge in [-0.1, -0.05) is 40.8 Å². The lowest BCUT2D eigenvalue weighted by molar-refractivity contribution is 0.113. The Labute approximate surface area is 206 Å². The Morgan fingerprint density at radius 1 is 0.969 bits per heavy atom. The Kier molecular flexibility index (Phi) is 7.59. The molecule has 2 heterocycles. The van der Waals surface area contributed by atoms with Crippen LogP contribution in [0.4, 0.5) is 5.82 Å². The first kappa shape index (κ1) is 22.9. The molecule has 0 aliphatic heterocycles. The number of benzene rings is 2. The number of aromatic nitrogens is 2. The third-order valence-electron chi connectivity index (χ3n) is 5.07. The monoisotopic (exact) mass is 559 g/mol. The fourth-order valence-corrected chi connectivity index (χ4v) is 4.79. The zero-order valence-corrected chi connectivity index (χ0v) is 21.4. The van der Waals surface area contributed by atoms with Gasteiger partial charge in [0.1, 0.15) is 23.2 Å². The first-order valence-electron chi connectivity index (χ1n) is 10.5.